The molecule has 0 atom stereocenters. The van der Waals surface area contributed by atoms with Gasteiger partial charge in [0.2, 0.25) is 5.91 Å². The van der Waals surface area contributed by atoms with Gasteiger partial charge in [-0.3, -0.25) is 4.79 Å². The molecular formula is C13H19NO2. The maximum absolute atomic E-state index is 11.5. The van der Waals surface area contributed by atoms with Crippen molar-refractivity contribution in [1.82, 2.24) is 0 Å². The van der Waals surface area contributed by atoms with Gasteiger partial charge in [-0.25, -0.2) is 0 Å². The van der Waals surface area contributed by atoms with Crippen LogP contribution in [0, 0.1) is 0 Å². The van der Waals surface area contributed by atoms with Crippen LogP contribution in [0.1, 0.15) is 31.7 Å². The summed E-state index contributed by atoms with van der Waals surface area (Å²) in [4.78, 5) is 13.1. The highest BCUT2D eigenvalue weighted by Gasteiger charge is 2.10. The average molecular weight is 221 g/mol. The molecule has 1 aromatic carbocycles. The van der Waals surface area contributed by atoms with Crippen molar-refractivity contribution < 1.29 is 9.90 Å². The monoisotopic (exact) mass is 221 g/mol. The molecule has 0 aliphatic carbocycles. The molecular weight excluding hydrogens is 202 g/mol. The van der Waals surface area contributed by atoms with Gasteiger partial charge in [0.25, 0.3) is 0 Å². The SMILES string of the molecule is CC(C)c1ccc(N(C)C(=O)CCO)cc1. The minimum absolute atomic E-state index is 0.0696. The van der Waals surface area contributed by atoms with Gasteiger partial charge in [0.15, 0.2) is 0 Å². The van der Waals surface area contributed by atoms with E-state index in [9.17, 15) is 4.79 Å². The molecule has 0 saturated carbocycles. The summed E-state index contributed by atoms with van der Waals surface area (Å²) >= 11 is 0. The van der Waals surface area contributed by atoms with Crippen molar-refractivity contribution in [2.24, 2.45) is 0 Å². The lowest BCUT2D eigenvalue weighted by molar-refractivity contribution is -0.118. The molecule has 88 valence electrons. The largest absolute Gasteiger partial charge is 0.396 e. The topological polar surface area (TPSA) is 40.5 Å². The third-order valence-corrected chi connectivity index (χ3v) is 2.65. The normalized spacial score (nSPS) is 10.6. The summed E-state index contributed by atoms with van der Waals surface area (Å²) < 4.78 is 0. The molecule has 1 amide bonds. The molecule has 0 bridgehead atoms. The first-order valence-corrected chi connectivity index (χ1v) is 5.53. The Hall–Kier alpha value is -1.35. The van der Waals surface area contributed by atoms with Crippen molar-refractivity contribution in [3.63, 3.8) is 0 Å². The number of benzene rings is 1. The molecule has 1 N–H and O–H groups in total. The predicted octanol–water partition coefficient (Wildman–Crippen LogP) is 2.16. The van der Waals surface area contributed by atoms with E-state index in [2.05, 4.69) is 13.8 Å². The second kappa shape index (κ2) is 5.66. The number of amides is 1. The van der Waals surface area contributed by atoms with Crippen LogP contribution in [-0.2, 0) is 4.79 Å². The van der Waals surface area contributed by atoms with Crippen LogP contribution in [0.4, 0.5) is 5.69 Å². The standard InChI is InChI=1S/C13H19NO2/c1-10(2)11-4-6-12(7-5-11)14(3)13(16)8-9-15/h4-7,10,15H,8-9H2,1-3H3. The van der Waals surface area contributed by atoms with E-state index in [0.717, 1.165) is 5.69 Å². The maximum atomic E-state index is 11.5. The summed E-state index contributed by atoms with van der Waals surface area (Å²) in [6, 6.07) is 7.93. The Bertz CT molecular complexity index is 343. The van der Waals surface area contributed by atoms with E-state index < -0.39 is 0 Å². The van der Waals surface area contributed by atoms with Gasteiger partial charge in [0.1, 0.15) is 0 Å². The van der Waals surface area contributed by atoms with Gasteiger partial charge in [0.05, 0.1) is 13.0 Å². The number of carbonyl (C=O) groups excluding carboxylic acids is 1. The predicted molar refractivity (Wildman–Crippen MR) is 65.6 cm³/mol. The molecule has 0 aromatic heterocycles. The van der Waals surface area contributed by atoms with Crippen LogP contribution < -0.4 is 4.90 Å². The lowest BCUT2D eigenvalue weighted by Crippen LogP contribution is -2.26. The van der Waals surface area contributed by atoms with E-state index >= 15 is 0 Å². The molecule has 0 radical (unpaired) electrons. The summed E-state index contributed by atoms with van der Waals surface area (Å²) in [5, 5.41) is 8.70. The van der Waals surface area contributed by atoms with E-state index in [1.54, 1.807) is 11.9 Å². The van der Waals surface area contributed by atoms with Crippen LogP contribution in [0.5, 0.6) is 0 Å². The number of nitrogens with zero attached hydrogens (tertiary/aromatic N) is 1. The molecule has 1 aromatic rings. The first kappa shape index (κ1) is 12.7. The highest BCUT2D eigenvalue weighted by atomic mass is 16.3. The van der Waals surface area contributed by atoms with Crippen molar-refractivity contribution in [3.8, 4) is 0 Å². The van der Waals surface area contributed by atoms with E-state index in [-0.39, 0.29) is 18.9 Å². The van der Waals surface area contributed by atoms with Gasteiger partial charge >= 0.3 is 0 Å². The fraction of sp³-hybridized carbons (Fsp3) is 0.462. The summed E-state index contributed by atoms with van der Waals surface area (Å²) in [7, 11) is 1.72. The fourth-order valence-electron chi connectivity index (χ4n) is 1.49. The van der Waals surface area contributed by atoms with Gasteiger partial charge in [-0.05, 0) is 23.6 Å². The first-order valence-electron chi connectivity index (χ1n) is 5.53. The Labute approximate surface area is 96.7 Å². The molecule has 0 spiro atoms. The van der Waals surface area contributed by atoms with E-state index in [1.165, 1.54) is 5.56 Å². The number of carbonyl (C=O) groups is 1. The summed E-state index contributed by atoms with van der Waals surface area (Å²) in [6.07, 6.45) is 0.169. The second-order valence-corrected chi connectivity index (χ2v) is 4.17. The number of hydrogen-bond donors (Lipinski definition) is 1. The van der Waals surface area contributed by atoms with Crippen molar-refractivity contribution in [2.75, 3.05) is 18.6 Å². The van der Waals surface area contributed by atoms with Crippen molar-refractivity contribution in [2.45, 2.75) is 26.2 Å². The fourth-order valence-corrected chi connectivity index (χ4v) is 1.49. The van der Waals surface area contributed by atoms with Gasteiger partial charge in [-0.1, -0.05) is 26.0 Å². The van der Waals surface area contributed by atoms with Gasteiger partial charge < -0.3 is 10.0 Å². The molecule has 16 heavy (non-hydrogen) atoms. The maximum Gasteiger partial charge on any atom is 0.229 e. The molecule has 1 rings (SSSR count). The molecule has 0 unspecified atom stereocenters. The van der Waals surface area contributed by atoms with Crippen LogP contribution in [0.3, 0.4) is 0 Å². The lowest BCUT2D eigenvalue weighted by Gasteiger charge is -2.17. The Kier molecular flexibility index (Phi) is 4.50. The Morgan fingerprint density at radius 1 is 1.31 bits per heavy atom. The zero-order chi connectivity index (χ0) is 12.1. The molecule has 0 aliphatic rings. The third kappa shape index (κ3) is 3.07. The van der Waals surface area contributed by atoms with Crippen LogP contribution in [0.15, 0.2) is 24.3 Å². The molecule has 0 saturated heterocycles. The lowest BCUT2D eigenvalue weighted by atomic mass is 10.0. The van der Waals surface area contributed by atoms with E-state index in [4.69, 9.17) is 5.11 Å². The Balaban J connectivity index is 2.77. The molecule has 3 heteroatoms. The number of aliphatic hydroxyl groups is 1. The zero-order valence-corrected chi connectivity index (χ0v) is 10.1. The van der Waals surface area contributed by atoms with Crippen molar-refractivity contribution >= 4 is 11.6 Å². The van der Waals surface area contributed by atoms with Crippen LogP contribution in [0.25, 0.3) is 0 Å². The van der Waals surface area contributed by atoms with Crippen LogP contribution >= 0.6 is 0 Å². The molecule has 3 nitrogen and oxygen atoms in total. The molecule has 0 fully saturated rings. The quantitative estimate of drug-likeness (QED) is 0.846. The average Bonchev–Trinajstić information content (AvgIpc) is 2.28. The number of anilines is 1. The smallest absolute Gasteiger partial charge is 0.229 e. The summed E-state index contributed by atoms with van der Waals surface area (Å²) in [5.74, 6) is 0.423. The number of rotatable bonds is 4. The summed E-state index contributed by atoms with van der Waals surface area (Å²) in [5.41, 5.74) is 2.12. The van der Waals surface area contributed by atoms with Gasteiger partial charge in [-0.15, -0.1) is 0 Å². The highest BCUT2D eigenvalue weighted by molar-refractivity contribution is 5.92. The third-order valence-electron chi connectivity index (χ3n) is 2.65. The van der Waals surface area contributed by atoms with E-state index in [1.807, 2.05) is 24.3 Å². The van der Waals surface area contributed by atoms with E-state index in [0.29, 0.717) is 5.92 Å². The Morgan fingerprint density at radius 2 is 1.88 bits per heavy atom. The molecule has 0 heterocycles. The Morgan fingerprint density at radius 3 is 2.31 bits per heavy atom. The highest BCUT2D eigenvalue weighted by Crippen LogP contribution is 2.19. The van der Waals surface area contributed by atoms with Crippen LogP contribution in [-0.4, -0.2) is 24.7 Å². The molecule has 0 aliphatic heterocycles. The minimum atomic E-state index is -0.104. The van der Waals surface area contributed by atoms with Gasteiger partial charge in [-0.2, -0.15) is 0 Å². The van der Waals surface area contributed by atoms with Crippen molar-refractivity contribution in [1.29, 1.82) is 0 Å². The first-order chi connectivity index (χ1) is 7.56. The minimum Gasteiger partial charge on any atom is -0.396 e. The zero-order valence-electron chi connectivity index (χ0n) is 10.1. The van der Waals surface area contributed by atoms with Gasteiger partial charge in [0, 0.05) is 12.7 Å². The second-order valence-electron chi connectivity index (χ2n) is 4.17. The van der Waals surface area contributed by atoms with Crippen molar-refractivity contribution in [3.05, 3.63) is 29.8 Å². The number of aliphatic hydroxyl groups excluding tert-OH is 1. The number of hydrogen-bond acceptors (Lipinski definition) is 2. The summed E-state index contributed by atoms with van der Waals surface area (Å²) in [6.45, 7) is 4.17. The van der Waals surface area contributed by atoms with Crippen LogP contribution in [0.2, 0.25) is 0 Å².